The van der Waals surface area contributed by atoms with Crippen molar-refractivity contribution < 1.29 is 40.4 Å². The van der Waals surface area contributed by atoms with Crippen molar-refractivity contribution in [3.63, 3.8) is 0 Å². The lowest BCUT2D eigenvalue weighted by molar-refractivity contribution is -0.655. The van der Waals surface area contributed by atoms with E-state index in [4.69, 9.17) is 0 Å². The molecule has 0 fully saturated rings. The summed E-state index contributed by atoms with van der Waals surface area (Å²) in [7, 11) is 0. The van der Waals surface area contributed by atoms with E-state index in [0.717, 1.165) is 0 Å². The summed E-state index contributed by atoms with van der Waals surface area (Å²) in [4.78, 5) is 0. The van der Waals surface area contributed by atoms with Crippen LogP contribution in [0.15, 0.2) is 12.1 Å². The number of halogens is 8. The number of hydrogen-bond acceptors (Lipinski definition) is 0. The predicted octanol–water partition coefficient (Wildman–Crippen LogP) is 21.6. The lowest BCUT2D eigenvalue weighted by Gasteiger charge is -2.41. The van der Waals surface area contributed by atoms with Gasteiger partial charge < -0.3 is 5.32 Å². The van der Waals surface area contributed by atoms with Gasteiger partial charge in [0.05, 0.1) is 18.7 Å². The SMILES string of the molecule is CCCCCCCCC[B-](CCCCCCCCC)(CCCCCCCCC)CCCCCCCCC.CCCCCCCCC[NH2+]CCC.Fc1ccc(-c2c(F)c(F)c(F)c(F)c2F)c(F)c1F. The molecule has 0 aliphatic heterocycles. The van der Waals surface area contributed by atoms with Gasteiger partial charge in [-0.15, -0.1) is 0 Å². The van der Waals surface area contributed by atoms with E-state index in [1.54, 1.807) is 25.3 Å². The van der Waals surface area contributed by atoms with Crippen LogP contribution in [-0.4, -0.2) is 19.2 Å². The van der Waals surface area contributed by atoms with Crippen LogP contribution >= 0.6 is 0 Å². The lowest BCUT2D eigenvalue weighted by atomic mass is 9.17. The second-order valence-electron chi connectivity index (χ2n) is 21.0. The van der Waals surface area contributed by atoms with Crippen molar-refractivity contribution in [1.29, 1.82) is 0 Å². The van der Waals surface area contributed by atoms with E-state index >= 15 is 0 Å². The normalized spacial score (nSPS) is 11.5. The molecule has 410 valence electrons. The molecule has 0 unspecified atom stereocenters. The number of hydrogen-bond donors (Lipinski definition) is 1. The molecule has 0 amide bonds. The Bertz CT molecular complexity index is 1390. The van der Waals surface area contributed by atoms with Crippen molar-refractivity contribution in [2.75, 3.05) is 13.1 Å². The van der Waals surface area contributed by atoms with Crippen LogP contribution in [0, 0.1) is 46.5 Å². The molecule has 70 heavy (non-hydrogen) atoms. The van der Waals surface area contributed by atoms with Crippen LogP contribution in [-0.2, 0) is 0 Å². The molecule has 2 aromatic carbocycles. The fraction of sp³-hybridized carbons (Fsp3) is 0.800. The van der Waals surface area contributed by atoms with Gasteiger partial charge in [0.1, 0.15) is 0 Å². The quantitative estimate of drug-likeness (QED) is 0.0224. The molecule has 2 N–H and O–H groups in total. The van der Waals surface area contributed by atoms with E-state index in [0.29, 0.717) is 12.1 Å². The van der Waals surface area contributed by atoms with Crippen LogP contribution < -0.4 is 5.32 Å². The zero-order chi connectivity index (χ0) is 52.1. The predicted molar refractivity (Wildman–Crippen MR) is 288 cm³/mol. The number of nitrogens with two attached hydrogens (primary N) is 1. The van der Waals surface area contributed by atoms with Crippen LogP contribution in [0.2, 0.25) is 25.3 Å². The molecule has 1 nitrogen and oxygen atoms in total. The molecule has 10 heteroatoms. The first kappa shape index (κ1) is 67.9. The van der Waals surface area contributed by atoms with Gasteiger partial charge in [0, 0.05) is 11.7 Å². The first-order valence-electron chi connectivity index (χ1n) is 29.6. The van der Waals surface area contributed by atoms with Crippen molar-refractivity contribution in [2.45, 2.75) is 298 Å². The first-order valence-corrected chi connectivity index (χ1v) is 29.6. The van der Waals surface area contributed by atoms with Crippen LogP contribution in [0.1, 0.15) is 273 Å². The average Bonchev–Trinajstić information content (AvgIpc) is 3.36. The zero-order valence-electron chi connectivity index (χ0n) is 46.0. The molecule has 0 aliphatic carbocycles. The van der Waals surface area contributed by atoms with Gasteiger partial charge in [-0.05, 0) is 31.4 Å². The molecule has 0 radical (unpaired) electrons. The summed E-state index contributed by atoms with van der Waals surface area (Å²) < 4.78 is 105. The molecular formula is C60H106BF8N. The van der Waals surface area contributed by atoms with Gasteiger partial charge in [-0.2, -0.15) is 25.3 Å². The molecule has 2 rings (SSSR count). The number of rotatable bonds is 43. The van der Waals surface area contributed by atoms with Gasteiger partial charge in [0.2, 0.25) is 5.82 Å². The van der Waals surface area contributed by atoms with E-state index in [2.05, 4.69) is 46.9 Å². The topological polar surface area (TPSA) is 16.6 Å². The largest absolute Gasteiger partial charge is 0.346 e. The van der Waals surface area contributed by atoms with Crippen molar-refractivity contribution in [2.24, 2.45) is 0 Å². The summed E-state index contributed by atoms with van der Waals surface area (Å²) in [6.07, 6.45) is 59.0. The molecule has 0 spiro atoms. The van der Waals surface area contributed by atoms with E-state index < -0.39 is 57.7 Å². The second-order valence-corrected chi connectivity index (χ2v) is 21.0. The highest BCUT2D eigenvalue weighted by Gasteiger charge is 2.29. The van der Waals surface area contributed by atoms with E-state index in [-0.39, 0.29) is 6.15 Å². The standard InChI is InChI=1S/C36H76B.C12H2F8.C12H27N/c1-5-9-13-17-21-25-29-33-37(34-30-26-22-18-14-10-6-2,35-31-27-23-19-15-11-7-3)36-32-28-24-20-16-12-8-4;13-4-2-1-3(6(14)7(4)15)5-8(16)10(18)12(20)11(19)9(5)17;1-3-5-6-7-8-9-10-12-13-11-4-2/h5-36H2,1-4H3;1-2H;13H,3-12H2,1-2H3/q-1;;/p+1. The Morgan fingerprint density at radius 3 is 0.886 bits per heavy atom. The zero-order valence-corrected chi connectivity index (χ0v) is 46.0. The third-order valence-corrected chi connectivity index (χ3v) is 14.7. The van der Waals surface area contributed by atoms with Crippen LogP contribution in [0.5, 0.6) is 0 Å². The van der Waals surface area contributed by atoms with Gasteiger partial charge >= 0.3 is 0 Å². The average molecular weight is 1000 g/mol. The molecule has 0 saturated heterocycles. The van der Waals surface area contributed by atoms with Crippen molar-refractivity contribution in [3.8, 4) is 11.1 Å². The smallest absolute Gasteiger partial charge is 0.200 e. The molecule has 0 bridgehead atoms. The number of unbranched alkanes of at least 4 members (excludes halogenated alkanes) is 30. The third kappa shape index (κ3) is 32.2. The minimum absolute atomic E-state index is 0.120. The highest BCUT2D eigenvalue weighted by molar-refractivity contribution is 6.79. The van der Waals surface area contributed by atoms with Crippen LogP contribution in [0.3, 0.4) is 0 Å². The maximum Gasteiger partial charge on any atom is 0.200 e. The summed E-state index contributed by atoms with van der Waals surface area (Å²) in [5.74, 6) is -17.6. The van der Waals surface area contributed by atoms with Gasteiger partial charge in [0.25, 0.3) is 0 Å². The maximum atomic E-state index is 13.4. The van der Waals surface area contributed by atoms with Gasteiger partial charge in [-0.1, -0.05) is 253 Å². The molecule has 0 aliphatic rings. The van der Waals surface area contributed by atoms with Gasteiger partial charge in [-0.3, -0.25) is 0 Å². The Hall–Kier alpha value is -2.10. The molecule has 0 aromatic heterocycles. The summed E-state index contributed by atoms with van der Waals surface area (Å²) in [6, 6.07) is 0.665. The highest BCUT2D eigenvalue weighted by atomic mass is 19.2. The Morgan fingerprint density at radius 2 is 0.571 bits per heavy atom. The summed E-state index contributed by atoms with van der Waals surface area (Å²) in [5.41, 5.74) is -2.95. The first-order chi connectivity index (χ1) is 33.9. The fourth-order valence-electron chi connectivity index (χ4n) is 10.2. The summed E-state index contributed by atoms with van der Waals surface area (Å²) in [5, 5.41) is 2.45. The minimum atomic E-state index is -2.44. The van der Waals surface area contributed by atoms with Crippen LogP contribution in [0.4, 0.5) is 35.1 Å². The monoisotopic (exact) mass is 1000 g/mol. The highest BCUT2D eigenvalue weighted by Crippen LogP contribution is 2.36. The van der Waals surface area contributed by atoms with E-state index in [9.17, 15) is 35.1 Å². The van der Waals surface area contributed by atoms with Gasteiger partial charge in [0.15, 0.2) is 40.7 Å². The second kappa shape index (κ2) is 46.7. The Labute approximate surface area is 426 Å². The van der Waals surface area contributed by atoms with E-state index in [1.807, 2.05) is 0 Å². The molecule has 2 aromatic rings. The molecule has 0 heterocycles. The Kier molecular flexibility index (Phi) is 45.3. The van der Waals surface area contributed by atoms with E-state index in [1.165, 1.54) is 244 Å². The lowest BCUT2D eigenvalue weighted by Crippen LogP contribution is -2.84. The minimum Gasteiger partial charge on any atom is -0.346 e. The van der Waals surface area contributed by atoms with Crippen molar-refractivity contribution >= 4 is 6.15 Å². The van der Waals surface area contributed by atoms with Gasteiger partial charge in [-0.25, -0.2) is 35.1 Å². The Balaban J connectivity index is 0.00000119. The fourth-order valence-corrected chi connectivity index (χ4v) is 10.2. The molecule has 0 saturated carbocycles. The number of quaternary nitrogens is 1. The molecule has 0 atom stereocenters. The van der Waals surface area contributed by atoms with Crippen LogP contribution in [0.25, 0.3) is 11.1 Å². The van der Waals surface area contributed by atoms with Crippen molar-refractivity contribution in [1.82, 2.24) is 0 Å². The number of benzene rings is 2. The summed E-state index contributed by atoms with van der Waals surface area (Å²) in [6.45, 7) is 16.6. The molecular weight excluding hydrogens is 897 g/mol. The maximum absolute atomic E-state index is 13.4. The van der Waals surface area contributed by atoms with Crippen molar-refractivity contribution in [3.05, 3.63) is 58.7 Å². The third-order valence-electron chi connectivity index (χ3n) is 14.7. The summed E-state index contributed by atoms with van der Waals surface area (Å²) >= 11 is 0. The Morgan fingerprint density at radius 1 is 0.286 bits per heavy atom.